The highest BCUT2D eigenvalue weighted by Gasteiger charge is 2.21. The Labute approximate surface area is 117 Å². The molecule has 3 amide bonds. The third-order valence-corrected chi connectivity index (χ3v) is 2.77. The molecule has 0 aromatic heterocycles. The Morgan fingerprint density at radius 1 is 1.25 bits per heavy atom. The summed E-state index contributed by atoms with van der Waals surface area (Å²) in [6.45, 7) is 0.581. The fourth-order valence-electron chi connectivity index (χ4n) is 1.54. The van der Waals surface area contributed by atoms with E-state index in [1.54, 1.807) is 7.05 Å². The number of nitrogens with one attached hydrogen (secondary N) is 1. The number of urea groups is 1. The molecule has 0 saturated heterocycles. The number of carboxylic acid groups (broad SMARTS) is 1. The zero-order valence-electron chi connectivity index (χ0n) is 11.7. The highest BCUT2D eigenvalue weighted by molar-refractivity contribution is 5.83. The van der Waals surface area contributed by atoms with Crippen molar-refractivity contribution < 1.29 is 24.6 Å². The summed E-state index contributed by atoms with van der Waals surface area (Å²) in [5.74, 6) is -1.81. The molecule has 0 bridgehead atoms. The van der Waals surface area contributed by atoms with E-state index < -0.39 is 23.9 Å². The Morgan fingerprint density at radius 3 is 2.40 bits per heavy atom. The molecule has 0 rings (SSSR count). The normalized spacial score (nSPS) is 11.7. The van der Waals surface area contributed by atoms with E-state index >= 15 is 0 Å². The summed E-state index contributed by atoms with van der Waals surface area (Å²) in [5, 5.41) is 19.9. The van der Waals surface area contributed by atoms with Crippen molar-refractivity contribution in [3.8, 4) is 0 Å². The molecule has 0 aliphatic heterocycles. The van der Waals surface area contributed by atoms with Crippen LogP contribution in [-0.4, -0.2) is 59.3 Å². The quantitative estimate of drug-likeness (QED) is 0.403. The van der Waals surface area contributed by atoms with Gasteiger partial charge >= 0.3 is 12.0 Å². The van der Waals surface area contributed by atoms with Crippen molar-refractivity contribution in [2.24, 2.45) is 5.73 Å². The van der Waals surface area contributed by atoms with Crippen LogP contribution in [0.25, 0.3) is 0 Å². The lowest BCUT2D eigenvalue weighted by atomic mass is 10.1. The molecule has 0 aliphatic rings. The molecule has 0 aliphatic carbocycles. The Morgan fingerprint density at radius 2 is 1.90 bits per heavy atom. The SMILES string of the molecule is CN(CCCCCO)C(=O)N[C@H](CCC(N)=O)C(=O)O. The summed E-state index contributed by atoms with van der Waals surface area (Å²) in [6, 6.07) is -1.64. The molecule has 8 heteroatoms. The average Bonchev–Trinajstić information content (AvgIpc) is 2.38. The van der Waals surface area contributed by atoms with Crippen LogP contribution >= 0.6 is 0 Å². The number of hydrogen-bond donors (Lipinski definition) is 4. The zero-order valence-corrected chi connectivity index (χ0v) is 11.7. The van der Waals surface area contributed by atoms with Crippen LogP contribution in [0, 0.1) is 0 Å². The lowest BCUT2D eigenvalue weighted by molar-refractivity contribution is -0.139. The van der Waals surface area contributed by atoms with Gasteiger partial charge in [0.15, 0.2) is 0 Å². The van der Waals surface area contributed by atoms with E-state index in [9.17, 15) is 14.4 Å². The number of hydrogen-bond acceptors (Lipinski definition) is 4. The van der Waals surface area contributed by atoms with E-state index in [4.69, 9.17) is 15.9 Å². The topological polar surface area (TPSA) is 133 Å². The highest BCUT2D eigenvalue weighted by atomic mass is 16.4. The van der Waals surface area contributed by atoms with Crippen molar-refractivity contribution in [3.63, 3.8) is 0 Å². The second kappa shape index (κ2) is 10.0. The van der Waals surface area contributed by atoms with Gasteiger partial charge in [0.05, 0.1) is 0 Å². The van der Waals surface area contributed by atoms with Crippen LogP contribution in [0.3, 0.4) is 0 Å². The molecular formula is C12H23N3O5. The van der Waals surface area contributed by atoms with Gasteiger partial charge in [-0.2, -0.15) is 0 Å². The number of nitrogens with zero attached hydrogens (tertiary/aromatic N) is 1. The van der Waals surface area contributed by atoms with Crippen LogP contribution in [0.1, 0.15) is 32.1 Å². The zero-order chi connectivity index (χ0) is 15.5. The first-order valence-electron chi connectivity index (χ1n) is 6.52. The fourth-order valence-corrected chi connectivity index (χ4v) is 1.54. The molecule has 0 fully saturated rings. The van der Waals surface area contributed by atoms with Crippen LogP contribution in [-0.2, 0) is 9.59 Å². The second-order valence-corrected chi connectivity index (χ2v) is 4.55. The molecule has 0 spiro atoms. The van der Waals surface area contributed by atoms with E-state index in [2.05, 4.69) is 5.32 Å². The molecule has 116 valence electrons. The van der Waals surface area contributed by atoms with Crippen LogP contribution < -0.4 is 11.1 Å². The number of carboxylic acids is 1. The van der Waals surface area contributed by atoms with Gasteiger partial charge in [-0.1, -0.05) is 0 Å². The molecule has 0 unspecified atom stereocenters. The monoisotopic (exact) mass is 289 g/mol. The number of aliphatic hydroxyl groups is 1. The first kappa shape index (κ1) is 18.2. The summed E-state index contributed by atoms with van der Waals surface area (Å²) in [7, 11) is 1.56. The minimum atomic E-state index is -1.20. The lowest BCUT2D eigenvalue weighted by Gasteiger charge is -2.21. The molecule has 0 heterocycles. The maximum Gasteiger partial charge on any atom is 0.326 e. The van der Waals surface area contributed by atoms with Crippen molar-refractivity contribution in [1.29, 1.82) is 0 Å². The van der Waals surface area contributed by atoms with E-state index in [1.165, 1.54) is 4.90 Å². The summed E-state index contributed by atoms with van der Waals surface area (Å²) < 4.78 is 0. The van der Waals surface area contributed by atoms with Gasteiger partial charge in [0, 0.05) is 26.6 Å². The highest BCUT2D eigenvalue weighted by Crippen LogP contribution is 2.01. The van der Waals surface area contributed by atoms with Crippen molar-refractivity contribution in [2.75, 3.05) is 20.2 Å². The summed E-state index contributed by atoms with van der Waals surface area (Å²) in [4.78, 5) is 34.7. The number of carbonyl (C=O) groups excluding carboxylic acids is 2. The molecule has 20 heavy (non-hydrogen) atoms. The number of rotatable bonds is 10. The van der Waals surface area contributed by atoms with Crippen LogP contribution in [0.5, 0.6) is 0 Å². The van der Waals surface area contributed by atoms with Gasteiger partial charge in [0.2, 0.25) is 5.91 Å². The van der Waals surface area contributed by atoms with Crippen molar-refractivity contribution >= 4 is 17.9 Å². The Hall–Kier alpha value is -1.83. The number of primary amides is 1. The minimum absolute atomic E-state index is 0.0330. The molecular weight excluding hydrogens is 266 g/mol. The van der Waals surface area contributed by atoms with E-state index in [0.717, 1.165) is 12.8 Å². The van der Waals surface area contributed by atoms with E-state index in [0.29, 0.717) is 13.0 Å². The first-order chi connectivity index (χ1) is 9.38. The molecule has 1 atom stereocenters. The Kier molecular flexibility index (Phi) is 9.10. The Balaban J connectivity index is 4.16. The number of unbranched alkanes of at least 4 members (excludes halogenated alkanes) is 2. The predicted octanol–water partition coefficient (Wildman–Crippen LogP) is -0.491. The molecule has 0 radical (unpaired) electrons. The van der Waals surface area contributed by atoms with Crippen molar-refractivity contribution in [3.05, 3.63) is 0 Å². The summed E-state index contributed by atoms with van der Waals surface area (Å²) >= 11 is 0. The molecule has 5 N–H and O–H groups in total. The largest absolute Gasteiger partial charge is 0.480 e. The third kappa shape index (κ3) is 8.30. The second-order valence-electron chi connectivity index (χ2n) is 4.55. The minimum Gasteiger partial charge on any atom is -0.480 e. The van der Waals surface area contributed by atoms with Gasteiger partial charge in [0.25, 0.3) is 0 Å². The smallest absolute Gasteiger partial charge is 0.326 e. The maximum atomic E-state index is 11.8. The number of aliphatic hydroxyl groups excluding tert-OH is 1. The van der Waals surface area contributed by atoms with Gasteiger partial charge in [-0.05, 0) is 25.7 Å². The van der Waals surface area contributed by atoms with E-state index in [-0.39, 0.29) is 19.4 Å². The lowest BCUT2D eigenvalue weighted by Crippen LogP contribution is -2.47. The molecule has 0 aromatic carbocycles. The maximum absolute atomic E-state index is 11.8. The third-order valence-electron chi connectivity index (χ3n) is 2.77. The van der Waals surface area contributed by atoms with E-state index in [1.807, 2.05) is 0 Å². The van der Waals surface area contributed by atoms with Crippen LogP contribution in [0.2, 0.25) is 0 Å². The molecule has 0 saturated carbocycles. The van der Waals surface area contributed by atoms with Gasteiger partial charge in [-0.25, -0.2) is 9.59 Å². The van der Waals surface area contributed by atoms with Crippen LogP contribution in [0.4, 0.5) is 4.79 Å². The van der Waals surface area contributed by atoms with Gasteiger partial charge in [-0.15, -0.1) is 0 Å². The molecule has 8 nitrogen and oxygen atoms in total. The standard InChI is InChI=1S/C12H23N3O5/c1-15(7-3-2-4-8-16)12(20)14-9(11(18)19)5-6-10(13)17/h9,16H,2-8H2,1H3,(H2,13,17)(H,14,20)(H,18,19)/t9-/m1/s1. The number of amides is 3. The first-order valence-corrected chi connectivity index (χ1v) is 6.52. The van der Waals surface area contributed by atoms with Gasteiger partial charge in [0.1, 0.15) is 6.04 Å². The van der Waals surface area contributed by atoms with Crippen LogP contribution in [0.15, 0.2) is 0 Å². The van der Waals surface area contributed by atoms with Crippen molar-refractivity contribution in [2.45, 2.75) is 38.1 Å². The molecule has 0 aromatic rings. The predicted molar refractivity (Wildman–Crippen MR) is 72.0 cm³/mol. The van der Waals surface area contributed by atoms with Gasteiger partial charge in [-0.3, -0.25) is 4.79 Å². The number of aliphatic carboxylic acids is 1. The summed E-state index contributed by atoms with van der Waals surface area (Å²) in [6.07, 6.45) is 2.06. The fraction of sp³-hybridized carbons (Fsp3) is 0.750. The number of nitrogens with two attached hydrogens (primary N) is 1. The van der Waals surface area contributed by atoms with Gasteiger partial charge < -0.3 is 26.2 Å². The number of carbonyl (C=O) groups is 3. The Bertz CT molecular complexity index is 335. The summed E-state index contributed by atoms with van der Waals surface area (Å²) in [5.41, 5.74) is 4.95. The average molecular weight is 289 g/mol. The van der Waals surface area contributed by atoms with Crippen molar-refractivity contribution in [1.82, 2.24) is 10.2 Å².